The van der Waals surface area contributed by atoms with Gasteiger partial charge in [0.1, 0.15) is 11.9 Å². The summed E-state index contributed by atoms with van der Waals surface area (Å²) in [6.07, 6.45) is 8.73. The summed E-state index contributed by atoms with van der Waals surface area (Å²) < 4.78 is 6.05. The molecule has 21 heavy (non-hydrogen) atoms. The highest BCUT2D eigenvalue weighted by molar-refractivity contribution is 5.75. The zero-order valence-corrected chi connectivity index (χ0v) is 12.5. The Hall–Kier alpha value is -1.78. The molecule has 5 heteroatoms. The van der Waals surface area contributed by atoms with E-state index in [2.05, 4.69) is 22.1 Å². The number of aromatic nitrogens is 1. The highest BCUT2D eigenvalue weighted by atomic mass is 16.5. The number of nitrogens with zero attached hydrogens (tertiary/aromatic N) is 2. The normalized spacial score (nSPS) is 27.5. The Bertz CT molecular complexity index is 466. The number of urea groups is 1. The van der Waals surface area contributed by atoms with E-state index < -0.39 is 0 Å². The van der Waals surface area contributed by atoms with Crippen molar-refractivity contribution >= 4 is 6.03 Å². The molecule has 3 heterocycles. The number of hydrogen-bond acceptors (Lipinski definition) is 3. The van der Waals surface area contributed by atoms with E-state index in [1.807, 2.05) is 12.1 Å². The van der Waals surface area contributed by atoms with Crippen LogP contribution < -0.4 is 10.1 Å². The number of ether oxygens (including phenoxy) is 1. The van der Waals surface area contributed by atoms with Gasteiger partial charge in [0.2, 0.25) is 0 Å². The maximum atomic E-state index is 12.2. The lowest BCUT2D eigenvalue weighted by atomic mass is 10.00. The Morgan fingerprint density at radius 2 is 2.00 bits per heavy atom. The van der Waals surface area contributed by atoms with E-state index in [4.69, 9.17) is 4.74 Å². The van der Waals surface area contributed by atoms with Crippen LogP contribution in [0.3, 0.4) is 0 Å². The predicted molar refractivity (Wildman–Crippen MR) is 80.2 cm³/mol. The van der Waals surface area contributed by atoms with Crippen LogP contribution in [0.4, 0.5) is 4.79 Å². The number of carbonyl (C=O) groups excluding carboxylic acids is 1. The van der Waals surface area contributed by atoms with Gasteiger partial charge in [-0.3, -0.25) is 4.98 Å². The molecule has 0 spiro atoms. The van der Waals surface area contributed by atoms with Crippen molar-refractivity contribution in [3.63, 3.8) is 0 Å². The molecule has 2 fully saturated rings. The standard InChI is InChI=1S/C16H23N3O2/c1-2-7-18-16(20)19-12-3-4-13(19)11-15(10-12)21-14-5-8-17-9-6-14/h5-6,8-9,12-13,15H,2-4,7,10-11H2,1H3,(H,18,20). The van der Waals surface area contributed by atoms with Gasteiger partial charge in [-0.25, -0.2) is 4.79 Å². The van der Waals surface area contributed by atoms with Crippen molar-refractivity contribution in [3.8, 4) is 5.75 Å². The maximum absolute atomic E-state index is 12.2. The molecule has 2 aliphatic heterocycles. The highest BCUT2D eigenvalue weighted by Crippen LogP contribution is 2.37. The summed E-state index contributed by atoms with van der Waals surface area (Å²) in [5, 5.41) is 3.01. The molecule has 5 nitrogen and oxygen atoms in total. The quantitative estimate of drug-likeness (QED) is 0.927. The fourth-order valence-corrected chi connectivity index (χ4v) is 3.49. The summed E-state index contributed by atoms with van der Waals surface area (Å²) in [5.41, 5.74) is 0. The number of piperidine rings is 1. The lowest BCUT2D eigenvalue weighted by Gasteiger charge is -2.38. The molecule has 2 bridgehead atoms. The molecular formula is C16H23N3O2. The second-order valence-electron chi connectivity index (χ2n) is 5.92. The second kappa shape index (κ2) is 6.33. The van der Waals surface area contributed by atoms with Gasteiger partial charge in [0.25, 0.3) is 0 Å². The van der Waals surface area contributed by atoms with Gasteiger partial charge in [-0.15, -0.1) is 0 Å². The smallest absolute Gasteiger partial charge is 0.317 e. The first-order chi connectivity index (χ1) is 10.3. The zero-order valence-electron chi connectivity index (χ0n) is 12.5. The van der Waals surface area contributed by atoms with Crippen molar-refractivity contribution < 1.29 is 9.53 Å². The van der Waals surface area contributed by atoms with Gasteiger partial charge >= 0.3 is 6.03 Å². The fourth-order valence-electron chi connectivity index (χ4n) is 3.49. The van der Waals surface area contributed by atoms with Crippen molar-refractivity contribution in [3.05, 3.63) is 24.5 Å². The Kier molecular flexibility index (Phi) is 4.27. The number of fused-ring (bicyclic) bond motifs is 2. The Labute approximate surface area is 125 Å². The van der Waals surface area contributed by atoms with Crippen LogP contribution in [0.25, 0.3) is 0 Å². The van der Waals surface area contributed by atoms with Crippen LogP contribution in [-0.4, -0.2) is 40.6 Å². The number of hydrogen-bond donors (Lipinski definition) is 1. The topological polar surface area (TPSA) is 54.5 Å². The van der Waals surface area contributed by atoms with E-state index >= 15 is 0 Å². The van der Waals surface area contributed by atoms with Gasteiger partial charge in [-0.1, -0.05) is 6.92 Å². The van der Waals surface area contributed by atoms with E-state index in [9.17, 15) is 4.79 Å². The van der Waals surface area contributed by atoms with Gasteiger partial charge in [0, 0.05) is 43.9 Å². The summed E-state index contributed by atoms with van der Waals surface area (Å²) in [5.74, 6) is 0.873. The minimum absolute atomic E-state index is 0.103. The first kappa shape index (κ1) is 14.2. The van der Waals surface area contributed by atoms with Gasteiger partial charge in [0.05, 0.1) is 0 Å². The summed E-state index contributed by atoms with van der Waals surface area (Å²) in [6.45, 7) is 2.83. The van der Waals surface area contributed by atoms with Crippen LogP contribution in [0, 0.1) is 0 Å². The molecule has 0 aromatic carbocycles. The molecule has 0 saturated carbocycles. The molecule has 2 atom stereocenters. The van der Waals surface area contributed by atoms with Crippen molar-refractivity contribution in [2.24, 2.45) is 0 Å². The molecule has 2 saturated heterocycles. The van der Waals surface area contributed by atoms with Crippen molar-refractivity contribution in [1.82, 2.24) is 15.2 Å². The second-order valence-corrected chi connectivity index (χ2v) is 5.92. The van der Waals surface area contributed by atoms with E-state index in [0.29, 0.717) is 12.1 Å². The van der Waals surface area contributed by atoms with Gasteiger partial charge in [-0.2, -0.15) is 0 Å². The summed E-state index contributed by atoms with van der Waals surface area (Å²) in [7, 11) is 0. The largest absolute Gasteiger partial charge is 0.490 e. The van der Waals surface area contributed by atoms with Gasteiger partial charge in [-0.05, 0) is 31.4 Å². The van der Waals surface area contributed by atoms with E-state index in [0.717, 1.165) is 44.4 Å². The summed E-state index contributed by atoms with van der Waals surface area (Å²) in [4.78, 5) is 18.3. The molecule has 2 unspecified atom stereocenters. The van der Waals surface area contributed by atoms with Crippen LogP contribution in [0.1, 0.15) is 39.0 Å². The number of pyridine rings is 1. The van der Waals surface area contributed by atoms with Crippen LogP contribution in [0.2, 0.25) is 0 Å². The Morgan fingerprint density at radius 3 is 2.62 bits per heavy atom. The minimum atomic E-state index is 0.103. The fraction of sp³-hybridized carbons (Fsp3) is 0.625. The average molecular weight is 289 g/mol. The third-order valence-corrected chi connectivity index (χ3v) is 4.40. The third-order valence-electron chi connectivity index (χ3n) is 4.40. The molecule has 114 valence electrons. The predicted octanol–water partition coefficient (Wildman–Crippen LogP) is 2.58. The molecule has 1 aromatic heterocycles. The van der Waals surface area contributed by atoms with Crippen molar-refractivity contribution in [2.75, 3.05) is 6.54 Å². The van der Waals surface area contributed by atoms with Crippen molar-refractivity contribution in [2.45, 2.75) is 57.2 Å². The van der Waals surface area contributed by atoms with E-state index in [1.165, 1.54) is 0 Å². The lowest BCUT2D eigenvalue weighted by molar-refractivity contribution is 0.0688. The Morgan fingerprint density at radius 1 is 1.33 bits per heavy atom. The molecule has 0 radical (unpaired) electrons. The van der Waals surface area contributed by atoms with Crippen LogP contribution in [0.15, 0.2) is 24.5 Å². The monoisotopic (exact) mass is 289 g/mol. The summed E-state index contributed by atoms with van der Waals surface area (Å²) >= 11 is 0. The van der Waals surface area contributed by atoms with Gasteiger partial charge < -0.3 is 15.0 Å². The SMILES string of the molecule is CCCNC(=O)N1C2CCC1CC(Oc1ccncc1)C2. The van der Waals surface area contributed by atoms with E-state index in [1.54, 1.807) is 12.4 Å². The molecular weight excluding hydrogens is 266 g/mol. The highest BCUT2D eigenvalue weighted by Gasteiger charge is 2.43. The maximum Gasteiger partial charge on any atom is 0.317 e. The van der Waals surface area contributed by atoms with Crippen LogP contribution in [-0.2, 0) is 0 Å². The molecule has 2 amide bonds. The lowest BCUT2D eigenvalue weighted by Crippen LogP contribution is -2.52. The zero-order chi connectivity index (χ0) is 14.7. The van der Waals surface area contributed by atoms with Crippen molar-refractivity contribution in [1.29, 1.82) is 0 Å². The molecule has 1 N–H and O–H groups in total. The number of carbonyl (C=O) groups is 1. The summed E-state index contributed by atoms with van der Waals surface area (Å²) in [6, 6.07) is 4.54. The number of amides is 2. The minimum Gasteiger partial charge on any atom is -0.490 e. The Balaban J connectivity index is 1.60. The molecule has 0 aliphatic carbocycles. The van der Waals surface area contributed by atoms with Gasteiger partial charge in [0.15, 0.2) is 0 Å². The molecule has 2 aliphatic rings. The third kappa shape index (κ3) is 3.12. The molecule has 3 rings (SSSR count). The first-order valence-corrected chi connectivity index (χ1v) is 7.90. The van der Waals surface area contributed by atoms with Crippen LogP contribution in [0.5, 0.6) is 5.75 Å². The molecule has 1 aromatic rings. The van der Waals surface area contributed by atoms with E-state index in [-0.39, 0.29) is 12.1 Å². The number of rotatable bonds is 4. The van der Waals surface area contributed by atoms with Crippen LogP contribution >= 0.6 is 0 Å². The average Bonchev–Trinajstić information content (AvgIpc) is 2.77. The first-order valence-electron chi connectivity index (χ1n) is 7.90. The number of nitrogens with one attached hydrogen (secondary N) is 1.